The molecule has 27 heavy (non-hydrogen) atoms. The Morgan fingerprint density at radius 2 is 1.85 bits per heavy atom. The van der Waals surface area contributed by atoms with Gasteiger partial charge in [0.2, 0.25) is 0 Å². The van der Waals surface area contributed by atoms with Gasteiger partial charge in [-0.15, -0.1) is 0 Å². The van der Waals surface area contributed by atoms with Gasteiger partial charge in [0.05, 0.1) is 27.6 Å². The normalized spacial score (nSPS) is 11.0. The van der Waals surface area contributed by atoms with Crippen molar-refractivity contribution in [2.75, 3.05) is 0 Å². The summed E-state index contributed by atoms with van der Waals surface area (Å²) in [6.45, 7) is 3.71. The lowest BCUT2D eigenvalue weighted by atomic mass is 10.1. The van der Waals surface area contributed by atoms with Crippen LogP contribution in [0.3, 0.4) is 0 Å². The molecule has 2 N–H and O–H groups in total. The van der Waals surface area contributed by atoms with Crippen molar-refractivity contribution >= 4 is 23.2 Å². The van der Waals surface area contributed by atoms with Crippen molar-refractivity contribution in [2.24, 2.45) is 0 Å². The van der Waals surface area contributed by atoms with Gasteiger partial charge in [0.15, 0.2) is 11.5 Å². The highest BCUT2D eigenvalue weighted by Crippen LogP contribution is 2.37. The van der Waals surface area contributed by atoms with Crippen molar-refractivity contribution < 1.29 is 9.84 Å². The molecule has 0 unspecified atom stereocenters. The van der Waals surface area contributed by atoms with Crippen LogP contribution >= 0.6 is 23.2 Å². The lowest BCUT2D eigenvalue weighted by Crippen LogP contribution is -2.30. The number of hydrogen-bond acceptors (Lipinski definition) is 7. The van der Waals surface area contributed by atoms with Crippen molar-refractivity contribution in [3.63, 3.8) is 0 Å². The van der Waals surface area contributed by atoms with Crippen LogP contribution in [0.15, 0.2) is 34.1 Å². The molecule has 0 aliphatic heterocycles. The maximum atomic E-state index is 11.9. The Morgan fingerprint density at radius 1 is 1.19 bits per heavy atom. The van der Waals surface area contributed by atoms with Gasteiger partial charge in [-0.05, 0) is 18.1 Å². The van der Waals surface area contributed by atoms with Crippen LogP contribution in [0.2, 0.25) is 10.0 Å². The molecular formula is C16H13Cl2N5O4. The highest BCUT2D eigenvalue weighted by molar-refractivity contribution is 6.37. The molecule has 0 atom stereocenters. The zero-order valence-corrected chi connectivity index (χ0v) is 15.6. The third kappa shape index (κ3) is 3.93. The van der Waals surface area contributed by atoms with Crippen LogP contribution in [0.25, 0.3) is 5.69 Å². The molecule has 9 nitrogen and oxygen atoms in total. The number of nitrogens with zero attached hydrogens (tertiary/aromatic N) is 4. The molecule has 0 spiro atoms. The maximum Gasteiger partial charge on any atom is 0.349 e. The summed E-state index contributed by atoms with van der Waals surface area (Å²) >= 11 is 12.4. The van der Waals surface area contributed by atoms with E-state index in [1.807, 2.05) is 13.8 Å². The van der Waals surface area contributed by atoms with E-state index in [1.54, 1.807) is 0 Å². The quantitative estimate of drug-likeness (QED) is 0.678. The molecule has 1 aromatic carbocycles. The minimum absolute atomic E-state index is 0.0478. The minimum Gasteiger partial charge on any atom is -0.504 e. The fourth-order valence-electron chi connectivity index (χ4n) is 2.24. The topological polar surface area (TPSA) is 123 Å². The van der Waals surface area contributed by atoms with Crippen LogP contribution in [0.4, 0.5) is 0 Å². The van der Waals surface area contributed by atoms with Crippen molar-refractivity contribution in [3.05, 3.63) is 61.1 Å². The minimum atomic E-state index is -0.744. The van der Waals surface area contributed by atoms with Gasteiger partial charge in [-0.3, -0.25) is 9.78 Å². The highest BCUT2D eigenvalue weighted by atomic mass is 35.5. The zero-order valence-electron chi connectivity index (χ0n) is 14.1. The summed E-state index contributed by atoms with van der Waals surface area (Å²) < 4.78 is 6.49. The number of aromatic nitrogens is 5. The van der Waals surface area contributed by atoms with Crippen LogP contribution in [-0.4, -0.2) is 29.8 Å². The smallest absolute Gasteiger partial charge is 0.349 e. The van der Waals surface area contributed by atoms with E-state index in [-0.39, 0.29) is 39.2 Å². The molecule has 0 fully saturated rings. The van der Waals surface area contributed by atoms with Crippen LogP contribution < -0.4 is 16.0 Å². The second-order valence-electron chi connectivity index (χ2n) is 5.77. The van der Waals surface area contributed by atoms with Gasteiger partial charge in [0.25, 0.3) is 5.56 Å². The van der Waals surface area contributed by atoms with Crippen LogP contribution in [-0.2, 0) is 0 Å². The average molecular weight is 410 g/mol. The summed E-state index contributed by atoms with van der Waals surface area (Å²) in [6, 6.07) is 2.73. The van der Waals surface area contributed by atoms with E-state index in [1.165, 1.54) is 18.3 Å². The van der Waals surface area contributed by atoms with Crippen LogP contribution in [0.5, 0.6) is 17.5 Å². The van der Waals surface area contributed by atoms with Gasteiger partial charge in [0.1, 0.15) is 6.20 Å². The summed E-state index contributed by atoms with van der Waals surface area (Å²) in [5.41, 5.74) is -0.730. The van der Waals surface area contributed by atoms with Crippen LogP contribution in [0, 0.1) is 0 Å². The number of benzene rings is 1. The highest BCUT2D eigenvalue weighted by Gasteiger charge is 2.16. The van der Waals surface area contributed by atoms with Crippen molar-refractivity contribution in [2.45, 2.75) is 19.8 Å². The second kappa shape index (κ2) is 7.37. The molecule has 0 bridgehead atoms. The van der Waals surface area contributed by atoms with Gasteiger partial charge in [-0.1, -0.05) is 37.0 Å². The Hall–Kier alpha value is -2.91. The summed E-state index contributed by atoms with van der Waals surface area (Å²) in [5, 5.41) is 13.7. The van der Waals surface area contributed by atoms with Crippen molar-refractivity contribution in [3.8, 4) is 23.2 Å². The monoisotopic (exact) mass is 409 g/mol. The van der Waals surface area contributed by atoms with Gasteiger partial charge >= 0.3 is 11.7 Å². The third-order valence-electron chi connectivity index (χ3n) is 3.46. The fraction of sp³-hybridized carbons (Fsp3) is 0.188. The summed E-state index contributed by atoms with van der Waals surface area (Å²) in [6.07, 6.45) is 2.17. The SMILES string of the molecule is CC(C)c1nc(Oc2c(Cl)cc(-n3ncc(=O)[nH]c3=O)cc2Cl)ncc1O. The molecule has 3 aromatic rings. The van der Waals surface area contributed by atoms with Gasteiger partial charge < -0.3 is 9.84 Å². The molecular weight excluding hydrogens is 397 g/mol. The van der Waals surface area contributed by atoms with E-state index >= 15 is 0 Å². The third-order valence-corrected chi connectivity index (χ3v) is 4.02. The Kier molecular flexibility index (Phi) is 5.15. The lowest BCUT2D eigenvalue weighted by Gasteiger charge is -2.12. The van der Waals surface area contributed by atoms with Crippen LogP contribution in [0.1, 0.15) is 25.5 Å². The molecule has 0 amide bonds. The molecule has 2 aromatic heterocycles. The molecule has 0 saturated heterocycles. The number of aromatic amines is 1. The first-order valence-electron chi connectivity index (χ1n) is 7.68. The lowest BCUT2D eigenvalue weighted by molar-refractivity contribution is 0.417. The summed E-state index contributed by atoms with van der Waals surface area (Å²) in [4.78, 5) is 33.1. The zero-order chi connectivity index (χ0) is 19.7. The second-order valence-corrected chi connectivity index (χ2v) is 6.58. The van der Waals surface area contributed by atoms with Gasteiger partial charge in [-0.2, -0.15) is 19.7 Å². The molecule has 0 radical (unpaired) electrons. The Morgan fingerprint density at radius 3 is 2.44 bits per heavy atom. The maximum absolute atomic E-state index is 11.9. The van der Waals surface area contributed by atoms with Gasteiger partial charge in [0, 0.05) is 0 Å². The largest absolute Gasteiger partial charge is 0.504 e. The molecule has 2 heterocycles. The fourth-order valence-corrected chi connectivity index (χ4v) is 2.79. The predicted molar refractivity (Wildman–Crippen MR) is 98.3 cm³/mol. The first-order chi connectivity index (χ1) is 12.8. The Bertz CT molecular complexity index is 1100. The number of rotatable bonds is 4. The van der Waals surface area contributed by atoms with Gasteiger partial charge in [-0.25, -0.2) is 4.79 Å². The molecule has 3 rings (SSSR count). The van der Waals surface area contributed by atoms with Crippen molar-refractivity contribution in [1.29, 1.82) is 0 Å². The van der Waals surface area contributed by atoms with Crippen molar-refractivity contribution in [1.82, 2.24) is 24.7 Å². The molecule has 0 aliphatic rings. The standard InChI is InChI=1S/C16H13Cl2N5O4/c1-7(2)13-11(24)5-19-15(22-13)27-14-9(17)3-8(4-10(14)18)23-16(26)21-12(25)6-20-23/h3-7,24H,1-2H3,(H,21,25,26). The number of hydrogen-bond donors (Lipinski definition) is 2. The first kappa shape index (κ1) is 18.9. The molecule has 11 heteroatoms. The number of H-pyrrole nitrogens is 1. The molecule has 0 aliphatic carbocycles. The first-order valence-corrected chi connectivity index (χ1v) is 8.43. The number of ether oxygens (including phenoxy) is 1. The predicted octanol–water partition coefficient (Wildman–Crippen LogP) is 2.64. The van der Waals surface area contributed by atoms with E-state index in [0.29, 0.717) is 5.69 Å². The van der Waals surface area contributed by atoms with E-state index in [9.17, 15) is 14.7 Å². The number of halogens is 2. The number of nitrogens with one attached hydrogen (secondary N) is 1. The van der Waals surface area contributed by atoms with E-state index in [2.05, 4.69) is 20.1 Å². The van der Waals surface area contributed by atoms with E-state index in [0.717, 1.165) is 10.9 Å². The Labute approximate surface area is 162 Å². The molecule has 140 valence electrons. The van der Waals surface area contributed by atoms with E-state index in [4.69, 9.17) is 27.9 Å². The Balaban J connectivity index is 2.00. The molecule has 0 saturated carbocycles. The van der Waals surface area contributed by atoms with E-state index < -0.39 is 11.2 Å². The summed E-state index contributed by atoms with van der Waals surface area (Å²) in [5.74, 6) is -0.0322. The number of aromatic hydroxyl groups is 1. The summed E-state index contributed by atoms with van der Waals surface area (Å²) in [7, 11) is 0. The average Bonchev–Trinajstić information content (AvgIpc) is 2.59.